The van der Waals surface area contributed by atoms with Gasteiger partial charge in [-0.05, 0) is 6.42 Å². The molecule has 0 spiro atoms. The smallest absolute Gasteiger partial charge is 0.329 e. The van der Waals surface area contributed by atoms with Gasteiger partial charge in [0.15, 0.2) is 11.2 Å². The van der Waals surface area contributed by atoms with Crippen molar-refractivity contribution in [2.45, 2.75) is 39.2 Å². The summed E-state index contributed by atoms with van der Waals surface area (Å²) in [6.07, 6.45) is 4.29. The van der Waals surface area contributed by atoms with Gasteiger partial charge in [-0.15, -0.1) is 0 Å². The minimum absolute atomic E-state index is 0.247. The molecule has 3 heterocycles. The molecule has 10 nitrogen and oxygen atoms in total. The zero-order valence-electron chi connectivity index (χ0n) is 17.4. The summed E-state index contributed by atoms with van der Waals surface area (Å²) in [5.74, 6) is 0.462. The molecule has 160 valence electrons. The largest absolute Gasteiger partial charge is 0.468 e. The Morgan fingerprint density at radius 1 is 1.14 bits per heavy atom. The van der Waals surface area contributed by atoms with Crippen molar-refractivity contribution < 1.29 is 9.53 Å². The minimum atomic E-state index is -0.465. The molecule has 1 aliphatic rings. The van der Waals surface area contributed by atoms with Gasteiger partial charge < -0.3 is 14.2 Å². The number of carbonyl (C=O) groups excluding carboxylic acids is 1. The molecule has 10 heteroatoms. The van der Waals surface area contributed by atoms with Crippen molar-refractivity contribution in [3.8, 4) is 0 Å². The Morgan fingerprint density at radius 2 is 1.86 bits per heavy atom. The molecule has 0 saturated carbocycles. The van der Waals surface area contributed by atoms with Gasteiger partial charge in [0.05, 0.1) is 13.7 Å². The van der Waals surface area contributed by atoms with Gasteiger partial charge in [0.1, 0.15) is 0 Å². The molecule has 1 saturated heterocycles. The van der Waals surface area contributed by atoms with Crippen molar-refractivity contribution in [1.82, 2.24) is 24.0 Å². The Bertz CT molecular complexity index is 967. The number of nitrogens with zero attached hydrogens (tertiary/aromatic N) is 5. The van der Waals surface area contributed by atoms with Gasteiger partial charge >= 0.3 is 11.7 Å². The van der Waals surface area contributed by atoms with E-state index in [2.05, 4.69) is 21.8 Å². The zero-order chi connectivity index (χ0) is 21.0. The quantitative estimate of drug-likeness (QED) is 0.496. The SMILES string of the molecule is CCCCCCn1c(N2CCN(CC(=O)OC)CC2)nc2c1c(=O)[nH]c(=O)n2C. The molecular weight excluding hydrogens is 376 g/mol. The molecule has 1 fully saturated rings. The van der Waals surface area contributed by atoms with Gasteiger partial charge in [-0.1, -0.05) is 26.2 Å². The summed E-state index contributed by atoms with van der Waals surface area (Å²) >= 11 is 0. The van der Waals surface area contributed by atoms with Crippen molar-refractivity contribution >= 4 is 23.1 Å². The molecule has 29 heavy (non-hydrogen) atoms. The highest BCUT2D eigenvalue weighted by Crippen LogP contribution is 2.22. The lowest BCUT2D eigenvalue weighted by Crippen LogP contribution is -2.48. The molecule has 2 aromatic heterocycles. The van der Waals surface area contributed by atoms with Crippen molar-refractivity contribution in [2.75, 3.05) is 44.7 Å². The second-order valence-electron chi connectivity index (χ2n) is 7.45. The first kappa shape index (κ1) is 21.1. The number of aromatic amines is 1. The number of aromatic nitrogens is 4. The third kappa shape index (κ3) is 4.52. The number of esters is 1. The third-order valence-electron chi connectivity index (χ3n) is 5.46. The van der Waals surface area contributed by atoms with Gasteiger partial charge in [-0.2, -0.15) is 4.98 Å². The summed E-state index contributed by atoms with van der Waals surface area (Å²) < 4.78 is 8.07. The number of ether oxygens (including phenoxy) is 1. The molecule has 0 atom stereocenters. The van der Waals surface area contributed by atoms with E-state index in [0.29, 0.717) is 49.8 Å². The van der Waals surface area contributed by atoms with Crippen LogP contribution >= 0.6 is 0 Å². The van der Waals surface area contributed by atoms with Crippen LogP contribution in [-0.2, 0) is 23.1 Å². The normalized spacial score (nSPS) is 15.2. The summed E-state index contributed by atoms with van der Waals surface area (Å²) in [7, 11) is 3.01. The summed E-state index contributed by atoms with van der Waals surface area (Å²) in [4.78, 5) is 47.3. The van der Waals surface area contributed by atoms with Gasteiger partial charge in [-0.3, -0.25) is 24.0 Å². The van der Waals surface area contributed by atoms with E-state index in [0.717, 1.165) is 25.7 Å². The molecule has 3 rings (SSSR count). The van der Waals surface area contributed by atoms with Crippen LogP contribution in [0.1, 0.15) is 32.6 Å². The van der Waals surface area contributed by atoms with E-state index in [1.807, 2.05) is 9.47 Å². The fourth-order valence-corrected chi connectivity index (χ4v) is 3.73. The number of piperazine rings is 1. The van der Waals surface area contributed by atoms with E-state index in [4.69, 9.17) is 4.74 Å². The van der Waals surface area contributed by atoms with Crippen LogP contribution in [0.5, 0.6) is 0 Å². The number of aryl methyl sites for hydroxylation is 2. The molecule has 0 unspecified atom stereocenters. The highest BCUT2D eigenvalue weighted by atomic mass is 16.5. The molecule has 2 aromatic rings. The Balaban J connectivity index is 1.89. The Hall–Kier alpha value is -2.62. The lowest BCUT2D eigenvalue weighted by atomic mass is 10.2. The van der Waals surface area contributed by atoms with Crippen LogP contribution in [0.2, 0.25) is 0 Å². The Morgan fingerprint density at radius 3 is 2.52 bits per heavy atom. The van der Waals surface area contributed by atoms with Gasteiger partial charge in [0.25, 0.3) is 5.56 Å². The number of hydrogen-bond donors (Lipinski definition) is 1. The maximum absolute atomic E-state index is 12.6. The van der Waals surface area contributed by atoms with E-state index < -0.39 is 11.2 Å². The molecule has 0 bridgehead atoms. The van der Waals surface area contributed by atoms with E-state index in [1.165, 1.54) is 11.7 Å². The highest BCUT2D eigenvalue weighted by Gasteiger charge is 2.25. The second-order valence-corrected chi connectivity index (χ2v) is 7.45. The maximum atomic E-state index is 12.6. The summed E-state index contributed by atoms with van der Waals surface area (Å²) in [5, 5.41) is 0. The maximum Gasteiger partial charge on any atom is 0.329 e. The van der Waals surface area contributed by atoms with Gasteiger partial charge in [0, 0.05) is 39.8 Å². The number of rotatable bonds is 8. The van der Waals surface area contributed by atoms with Crippen molar-refractivity contribution in [3.63, 3.8) is 0 Å². The van der Waals surface area contributed by atoms with E-state index in [-0.39, 0.29) is 12.5 Å². The molecule has 1 N–H and O–H groups in total. The molecule has 0 aromatic carbocycles. The van der Waals surface area contributed by atoms with E-state index in [9.17, 15) is 14.4 Å². The molecule has 0 radical (unpaired) electrons. The number of carbonyl (C=O) groups is 1. The van der Waals surface area contributed by atoms with Crippen molar-refractivity contribution in [2.24, 2.45) is 7.05 Å². The minimum Gasteiger partial charge on any atom is -0.468 e. The lowest BCUT2D eigenvalue weighted by Gasteiger charge is -2.34. The number of hydrogen-bond acceptors (Lipinski definition) is 7. The van der Waals surface area contributed by atoms with Gasteiger partial charge in [-0.25, -0.2) is 4.79 Å². The van der Waals surface area contributed by atoms with Crippen molar-refractivity contribution in [3.05, 3.63) is 20.8 Å². The fraction of sp³-hybridized carbons (Fsp3) is 0.684. The number of anilines is 1. The monoisotopic (exact) mass is 406 g/mol. The molecule has 1 aliphatic heterocycles. The Kier molecular flexibility index (Phi) is 6.73. The highest BCUT2D eigenvalue weighted by molar-refractivity contribution is 5.74. The Labute approximate surface area is 169 Å². The van der Waals surface area contributed by atoms with Crippen LogP contribution in [-0.4, -0.2) is 69.8 Å². The predicted octanol–water partition coefficient (Wildman–Crippen LogP) is 0.299. The second kappa shape index (κ2) is 9.25. The van der Waals surface area contributed by atoms with Crippen LogP contribution < -0.4 is 16.1 Å². The number of imidazole rings is 1. The average Bonchev–Trinajstić information content (AvgIpc) is 3.10. The summed E-state index contributed by atoms with van der Waals surface area (Å²) in [6.45, 7) is 5.86. The summed E-state index contributed by atoms with van der Waals surface area (Å²) in [6, 6.07) is 0. The zero-order valence-corrected chi connectivity index (χ0v) is 17.4. The van der Waals surface area contributed by atoms with Crippen LogP contribution in [0.15, 0.2) is 9.59 Å². The van der Waals surface area contributed by atoms with Crippen LogP contribution in [0.3, 0.4) is 0 Å². The van der Waals surface area contributed by atoms with E-state index in [1.54, 1.807) is 7.05 Å². The average molecular weight is 406 g/mol. The number of nitrogens with one attached hydrogen (secondary N) is 1. The molecular formula is C19H30N6O4. The molecule has 0 amide bonds. The first-order chi connectivity index (χ1) is 14.0. The fourth-order valence-electron chi connectivity index (χ4n) is 3.73. The number of methoxy groups -OCH3 is 1. The van der Waals surface area contributed by atoms with Crippen LogP contribution in [0.25, 0.3) is 11.2 Å². The summed E-state index contributed by atoms with van der Waals surface area (Å²) in [5.41, 5.74) is -0.0222. The van der Waals surface area contributed by atoms with E-state index >= 15 is 0 Å². The third-order valence-corrected chi connectivity index (χ3v) is 5.46. The number of H-pyrrole nitrogens is 1. The number of unbranched alkanes of at least 4 members (excludes halogenated alkanes) is 3. The van der Waals surface area contributed by atoms with Crippen LogP contribution in [0.4, 0.5) is 5.95 Å². The first-order valence-electron chi connectivity index (χ1n) is 10.2. The lowest BCUT2D eigenvalue weighted by molar-refractivity contribution is -0.142. The topological polar surface area (TPSA) is 105 Å². The van der Waals surface area contributed by atoms with Gasteiger partial charge in [0.2, 0.25) is 5.95 Å². The number of fused-ring (bicyclic) bond motifs is 1. The first-order valence-corrected chi connectivity index (χ1v) is 10.2. The van der Waals surface area contributed by atoms with Crippen molar-refractivity contribution in [1.29, 1.82) is 0 Å². The molecule has 0 aliphatic carbocycles. The predicted molar refractivity (Wildman–Crippen MR) is 110 cm³/mol. The van der Waals surface area contributed by atoms with Crippen LogP contribution in [0, 0.1) is 0 Å². The standard InChI is InChI=1S/C19H30N6O4/c1-4-5-6-7-8-25-15-16(22(2)19(28)21-17(15)27)20-18(25)24-11-9-23(10-12-24)13-14(26)29-3/h4-13H2,1-3H3,(H,21,27,28).